The van der Waals surface area contributed by atoms with E-state index in [1.807, 2.05) is 0 Å². The van der Waals surface area contributed by atoms with Gasteiger partial charge in [0.15, 0.2) is 6.29 Å². The average Bonchev–Trinajstić information content (AvgIpc) is 3.04. The second-order valence-electron chi connectivity index (χ2n) is 5.91. The van der Waals surface area contributed by atoms with Gasteiger partial charge in [0.25, 0.3) is 0 Å². The van der Waals surface area contributed by atoms with Crippen LogP contribution < -0.4 is 4.74 Å². The molecular formula is C17H25NO3. The van der Waals surface area contributed by atoms with E-state index < -0.39 is 0 Å². The summed E-state index contributed by atoms with van der Waals surface area (Å²) in [4.78, 5) is 2.44. The number of ether oxygens (including phenoxy) is 3. The van der Waals surface area contributed by atoms with E-state index >= 15 is 0 Å². The highest BCUT2D eigenvalue weighted by molar-refractivity contribution is 5.39. The summed E-state index contributed by atoms with van der Waals surface area (Å²) in [7, 11) is 3.94. The highest BCUT2D eigenvalue weighted by atomic mass is 16.7. The normalized spacial score (nSPS) is 22.5. The van der Waals surface area contributed by atoms with Crippen LogP contribution in [-0.4, -0.2) is 45.1 Å². The van der Waals surface area contributed by atoms with Crippen LogP contribution in [0.2, 0.25) is 0 Å². The predicted molar refractivity (Wildman–Crippen MR) is 81.6 cm³/mol. The van der Waals surface area contributed by atoms with Gasteiger partial charge in [-0.2, -0.15) is 0 Å². The topological polar surface area (TPSA) is 30.9 Å². The molecule has 116 valence electrons. The van der Waals surface area contributed by atoms with Crippen molar-refractivity contribution in [3.8, 4) is 5.75 Å². The molecule has 1 aromatic carbocycles. The number of fused-ring (bicyclic) bond motifs is 1. The molecule has 0 bridgehead atoms. The van der Waals surface area contributed by atoms with Gasteiger partial charge < -0.3 is 14.2 Å². The van der Waals surface area contributed by atoms with Gasteiger partial charge >= 0.3 is 0 Å². The summed E-state index contributed by atoms with van der Waals surface area (Å²) in [6.07, 6.45) is 4.56. The number of hydrogen-bond acceptors (Lipinski definition) is 4. The highest BCUT2D eigenvalue weighted by Gasteiger charge is 2.25. The van der Waals surface area contributed by atoms with E-state index in [1.54, 1.807) is 7.11 Å². The molecule has 3 rings (SSSR count). The monoisotopic (exact) mass is 291 g/mol. The molecule has 2 aliphatic rings. The third kappa shape index (κ3) is 3.39. The van der Waals surface area contributed by atoms with Gasteiger partial charge in [0.05, 0.1) is 20.3 Å². The fourth-order valence-electron chi connectivity index (χ4n) is 3.39. The van der Waals surface area contributed by atoms with Crippen LogP contribution in [0.25, 0.3) is 0 Å². The van der Waals surface area contributed by atoms with E-state index in [2.05, 4.69) is 30.1 Å². The Balaban J connectivity index is 1.65. The standard InChI is InChI=1S/C17H25NO3/c1-18(9-8-17-20-10-11-21-17)16-5-3-4-13-12-14(19-2)6-7-15(13)16/h6-7,12,16-17H,3-5,8-11H2,1-2H3/t16-/m1/s1. The lowest BCUT2D eigenvalue weighted by Gasteiger charge is -2.33. The van der Waals surface area contributed by atoms with Crippen molar-refractivity contribution in [3.05, 3.63) is 29.3 Å². The SMILES string of the molecule is COc1ccc2c(c1)CCC[C@H]2N(C)CCC1OCCO1. The van der Waals surface area contributed by atoms with Crippen molar-refractivity contribution in [2.45, 2.75) is 38.0 Å². The lowest BCUT2D eigenvalue weighted by Crippen LogP contribution is -2.30. The Morgan fingerprint density at radius 3 is 2.86 bits per heavy atom. The van der Waals surface area contributed by atoms with Crippen LogP contribution in [0, 0.1) is 0 Å². The Morgan fingerprint density at radius 1 is 1.29 bits per heavy atom. The molecule has 0 saturated carbocycles. The van der Waals surface area contributed by atoms with Gasteiger partial charge in [0.2, 0.25) is 0 Å². The summed E-state index contributed by atoms with van der Waals surface area (Å²) < 4.78 is 16.4. The summed E-state index contributed by atoms with van der Waals surface area (Å²) in [6, 6.07) is 7.00. The first kappa shape index (κ1) is 14.8. The van der Waals surface area contributed by atoms with E-state index in [9.17, 15) is 0 Å². The summed E-state index contributed by atoms with van der Waals surface area (Å²) in [5, 5.41) is 0. The number of methoxy groups -OCH3 is 1. The van der Waals surface area contributed by atoms with E-state index in [0.29, 0.717) is 6.04 Å². The van der Waals surface area contributed by atoms with Crippen LogP contribution in [0.4, 0.5) is 0 Å². The summed E-state index contributed by atoms with van der Waals surface area (Å²) >= 11 is 0. The molecule has 0 N–H and O–H groups in total. The van der Waals surface area contributed by atoms with Crippen LogP contribution >= 0.6 is 0 Å². The first-order valence-corrected chi connectivity index (χ1v) is 7.88. The molecule has 1 aromatic rings. The smallest absolute Gasteiger partial charge is 0.159 e. The summed E-state index contributed by atoms with van der Waals surface area (Å²) in [5.41, 5.74) is 2.89. The van der Waals surface area contributed by atoms with E-state index in [1.165, 1.54) is 24.0 Å². The molecule has 1 heterocycles. The maximum absolute atomic E-state index is 5.53. The molecule has 0 radical (unpaired) electrons. The zero-order valence-electron chi connectivity index (χ0n) is 13.0. The quantitative estimate of drug-likeness (QED) is 0.834. The number of benzene rings is 1. The Kier molecular flexibility index (Phi) is 4.78. The second kappa shape index (κ2) is 6.77. The largest absolute Gasteiger partial charge is 0.497 e. The minimum absolute atomic E-state index is 0.00798. The lowest BCUT2D eigenvalue weighted by atomic mass is 9.86. The van der Waals surface area contributed by atoms with Crippen LogP contribution in [0.15, 0.2) is 18.2 Å². The molecule has 4 nitrogen and oxygen atoms in total. The van der Waals surface area contributed by atoms with Crippen molar-refractivity contribution in [1.29, 1.82) is 0 Å². The molecule has 1 aliphatic heterocycles. The zero-order chi connectivity index (χ0) is 14.7. The molecule has 0 unspecified atom stereocenters. The van der Waals surface area contributed by atoms with Crippen molar-refractivity contribution in [3.63, 3.8) is 0 Å². The molecule has 4 heteroatoms. The molecular weight excluding hydrogens is 266 g/mol. The van der Waals surface area contributed by atoms with Crippen LogP contribution in [0.1, 0.15) is 36.4 Å². The van der Waals surface area contributed by atoms with Crippen molar-refractivity contribution < 1.29 is 14.2 Å². The highest BCUT2D eigenvalue weighted by Crippen LogP contribution is 2.35. The lowest BCUT2D eigenvalue weighted by molar-refractivity contribution is -0.0524. The maximum atomic E-state index is 5.53. The Labute approximate surface area is 127 Å². The van der Waals surface area contributed by atoms with Gasteiger partial charge in [0, 0.05) is 19.0 Å². The molecule has 1 atom stereocenters. The van der Waals surface area contributed by atoms with Gasteiger partial charge in [0.1, 0.15) is 5.75 Å². The molecule has 1 aliphatic carbocycles. The van der Waals surface area contributed by atoms with Gasteiger partial charge in [-0.15, -0.1) is 0 Å². The molecule has 1 saturated heterocycles. The van der Waals surface area contributed by atoms with Crippen LogP contribution in [0.5, 0.6) is 5.75 Å². The summed E-state index contributed by atoms with van der Waals surface area (Å²) in [6.45, 7) is 2.47. The van der Waals surface area contributed by atoms with Crippen molar-refractivity contribution in [2.75, 3.05) is 33.9 Å². The van der Waals surface area contributed by atoms with Crippen LogP contribution in [-0.2, 0) is 15.9 Å². The number of rotatable bonds is 5. The number of nitrogens with zero attached hydrogens (tertiary/aromatic N) is 1. The third-order valence-electron chi connectivity index (χ3n) is 4.57. The Bertz CT molecular complexity index is 471. The zero-order valence-corrected chi connectivity index (χ0v) is 13.0. The van der Waals surface area contributed by atoms with Crippen molar-refractivity contribution in [2.24, 2.45) is 0 Å². The van der Waals surface area contributed by atoms with Crippen molar-refractivity contribution >= 4 is 0 Å². The summed E-state index contributed by atoms with van der Waals surface area (Å²) in [5.74, 6) is 0.963. The predicted octanol–water partition coefficient (Wildman–Crippen LogP) is 2.77. The van der Waals surface area contributed by atoms with Crippen molar-refractivity contribution in [1.82, 2.24) is 4.90 Å². The minimum atomic E-state index is -0.00798. The molecule has 0 spiro atoms. The Hall–Kier alpha value is -1.10. The van der Waals surface area contributed by atoms with Gasteiger partial charge in [-0.3, -0.25) is 4.90 Å². The fraction of sp³-hybridized carbons (Fsp3) is 0.647. The van der Waals surface area contributed by atoms with Gasteiger partial charge in [-0.25, -0.2) is 0 Å². The van der Waals surface area contributed by atoms with Gasteiger partial charge in [-0.05, 0) is 49.6 Å². The van der Waals surface area contributed by atoms with E-state index in [-0.39, 0.29) is 6.29 Å². The second-order valence-corrected chi connectivity index (χ2v) is 5.91. The first-order chi connectivity index (χ1) is 10.3. The third-order valence-corrected chi connectivity index (χ3v) is 4.57. The van der Waals surface area contributed by atoms with E-state index in [0.717, 1.165) is 38.3 Å². The maximum Gasteiger partial charge on any atom is 0.159 e. The molecule has 0 aromatic heterocycles. The molecule has 21 heavy (non-hydrogen) atoms. The molecule has 0 amide bonds. The average molecular weight is 291 g/mol. The van der Waals surface area contributed by atoms with E-state index in [4.69, 9.17) is 14.2 Å². The first-order valence-electron chi connectivity index (χ1n) is 7.88. The molecule has 1 fully saturated rings. The minimum Gasteiger partial charge on any atom is -0.497 e. The van der Waals surface area contributed by atoms with Crippen LogP contribution in [0.3, 0.4) is 0 Å². The Morgan fingerprint density at radius 2 is 2.10 bits per heavy atom. The van der Waals surface area contributed by atoms with Gasteiger partial charge in [-0.1, -0.05) is 6.07 Å². The number of hydrogen-bond donors (Lipinski definition) is 0. The fourth-order valence-corrected chi connectivity index (χ4v) is 3.39. The number of aryl methyl sites for hydroxylation is 1.